The van der Waals surface area contributed by atoms with E-state index in [-0.39, 0.29) is 5.82 Å². The van der Waals surface area contributed by atoms with E-state index in [2.05, 4.69) is 28.2 Å². The third-order valence-corrected chi connectivity index (χ3v) is 4.93. The molecule has 0 aromatic heterocycles. The lowest BCUT2D eigenvalue weighted by molar-refractivity contribution is 0.262. The first kappa shape index (κ1) is 15.0. The molecule has 1 fully saturated rings. The summed E-state index contributed by atoms with van der Waals surface area (Å²) in [5.74, 6) is 1.59. The molecule has 0 spiro atoms. The van der Waals surface area contributed by atoms with Crippen molar-refractivity contribution in [1.29, 1.82) is 0 Å². The van der Waals surface area contributed by atoms with Crippen molar-refractivity contribution in [2.75, 3.05) is 6.54 Å². The fraction of sp³-hybridized carbons (Fsp3) is 0.625. The van der Waals surface area contributed by atoms with Crippen LogP contribution >= 0.6 is 15.9 Å². The molecule has 1 aliphatic carbocycles. The molecule has 19 heavy (non-hydrogen) atoms. The highest BCUT2D eigenvalue weighted by atomic mass is 79.9. The molecule has 0 atom stereocenters. The van der Waals surface area contributed by atoms with E-state index in [1.54, 1.807) is 12.1 Å². The summed E-state index contributed by atoms with van der Waals surface area (Å²) in [7, 11) is 0. The summed E-state index contributed by atoms with van der Waals surface area (Å²) in [4.78, 5) is 0. The fourth-order valence-corrected chi connectivity index (χ4v) is 3.16. The molecular formula is C16H23BrFN. The molecule has 2 rings (SSSR count). The molecule has 1 aromatic rings. The molecule has 0 amide bonds. The Morgan fingerprint density at radius 2 is 1.89 bits per heavy atom. The molecule has 106 valence electrons. The van der Waals surface area contributed by atoms with Gasteiger partial charge in [-0.15, -0.1) is 0 Å². The summed E-state index contributed by atoms with van der Waals surface area (Å²) >= 11 is 3.18. The average molecular weight is 328 g/mol. The van der Waals surface area contributed by atoms with Gasteiger partial charge in [0.25, 0.3) is 0 Å². The normalized spacial score (nSPS) is 23.5. The molecule has 1 N–H and O–H groups in total. The molecule has 0 bridgehead atoms. The van der Waals surface area contributed by atoms with Crippen molar-refractivity contribution in [1.82, 2.24) is 5.32 Å². The summed E-state index contributed by atoms with van der Waals surface area (Å²) in [5.41, 5.74) is 1.02. The molecule has 1 aromatic carbocycles. The molecule has 1 saturated carbocycles. The zero-order valence-electron chi connectivity index (χ0n) is 11.6. The first-order chi connectivity index (χ1) is 9.19. The van der Waals surface area contributed by atoms with Crippen LogP contribution in [0.25, 0.3) is 0 Å². The van der Waals surface area contributed by atoms with Crippen molar-refractivity contribution in [3.8, 4) is 0 Å². The minimum atomic E-state index is -0.178. The van der Waals surface area contributed by atoms with Crippen LogP contribution in [0.5, 0.6) is 0 Å². The van der Waals surface area contributed by atoms with Gasteiger partial charge in [-0.1, -0.05) is 32.3 Å². The third-order valence-electron chi connectivity index (χ3n) is 4.29. The number of benzene rings is 1. The van der Waals surface area contributed by atoms with Crippen LogP contribution in [0.15, 0.2) is 22.7 Å². The van der Waals surface area contributed by atoms with Crippen LogP contribution in [0.3, 0.4) is 0 Å². The molecule has 0 unspecified atom stereocenters. The number of nitrogens with one attached hydrogen (secondary N) is 1. The highest BCUT2D eigenvalue weighted by molar-refractivity contribution is 9.10. The van der Waals surface area contributed by atoms with Gasteiger partial charge in [0.05, 0.1) is 4.47 Å². The maximum Gasteiger partial charge on any atom is 0.137 e. The zero-order chi connectivity index (χ0) is 13.7. The Kier molecular flexibility index (Phi) is 5.83. The molecular weight excluding hydrogens is 305 g/mol. The van der Waals surface area contributed by atoms with Gasteiger partial charge in [-0.3, -0.25) is 0 Å². The van der Waals surface area contributed by atoms with E-state index in [1.165, 1.54) is 32.1 Å². The second kappa shape index (κ2) is 7.39. The lowest BCUT2D eigenvalue weighted by atomic mass is 9.81. The van der Waals surface area contributed by atoms with E-state index in [9.17, 15) is 4.39 Å². The van der Waals surface area contributed by atoms with E-state index >= 15 is 0 Å². The SMILES string of the molecule is CCC1CCC(CNCc2ccc(Br)c(F)c2)CC1. The highest BCUT2D eigenvalue weighted by Crippen LogP contribution is 2.30. The second-order valence-corrected chi connectivity index (χ2v) is 6.53. The summed E-state index contributed by atoms with van der Waals surface area (Å²) in [5, 5.41) is 3.47. The predicted molar refractivity (Wildman–Crippen MR) is 81.5 cm³/mol. The first-order valence-electron chi connectivity index (χ1n) is 7.33. The zero-order valence-corrected chi connectivity index (χ0v) is 13.2. The van der Waals surface area contributed by atoms with E-state index in [1.807, 2.05) is 6.07 Å². The van der Waals surface area contributed by atoms with E-state index in [4.69, 9.17) is 0 Å². The van der Waals surface area contributed by atoms with Gasteiger partial charge in [0, 0.05) is 6.54 Å². The Hall–Kier alpha value is -0.410. The summed E-state index contributed by atoms with van der Waals surface area (Å²) in [6, 6.07) is 5.35. The van der Waals surface area contributed by atoms with Gasteiger partial charge in [0.1, 0.15) is 5.82 Å². The van der Waals surface area contributed by atoms with Crippen molar-refractivity contribution < 1.29 is 4.39 Å². The number of rotatable bonds is 5. The minimum Gasteiger partial charge on any atom is -0.312 e. The Morgan fingerprint density at radius 3 is 2.53 bits per heavy atom. The van der Waals surface area contributed by atoms with Crippen molar-refractivity contribution in [2.45, 2.75) is 45.6 Å². The standard InChI is InChI=1S/C16H23BrFN/c1-2-12-3-5-13(6-4-12)10-19-11-14-7-8-15(17)16(18)9-14/h7-9,12-13,19H,2-6,10-11H2,1H3. The highest BCUT2D eigenvalue weighted by Gasteiger charge is 2.19. The van der Waals surface area contributed by atoms with E-state index < -0.39 is 0 Å². The summed E-state index contributed by atoms with van der Waals surface area (Å²) < 4.78 is 13.9. The van der Waals surface area contributed by atoms with Gasteiger partial charge in [-0.2, -0.15) is 0 Å². The van der Waals surface area contributed by atoms with Crippen LogP contribution < -0.4 is 5.32 Å². The largest absolute Gasteiger partial charge is 0.312 e. The average Bonchev–Trinajstić information content (AvgIpc) is 2.43. The molecule has 0 aliphatic heterocycles. The first-order valence-corrected chi connectivity index (χ1v) is 8.13. The summed E-state index contributed by atoms with van der Waals surface area (Å²) in [6.07, 6.45) is 6.80. The summed E-state index contributed by atoms with van der Waals surface area (Å²) in [6.45, 7) is 4.12. The van der Waals surface area contributed by atoms with Crippen LogP contribution in [0, 0.1) is 17.7 Å². The molecule has 0 saturated heterocycles. The van der Waals surface area contributed by atoms with Gasteiger partial charge in [-0.25, -0.2) is 4.39 Å². The van der Waals surface area contributed by atoms with Crippen LogP contribution in [0.1, 0.15) is 44.6 Å². The van der Waals surface area contributed by atoms with Crippen LogP contribution in [-0.2, 0) is 6.54 Å². The minimum absolute atomic E-state index is 0.178. The predicted octanol–water partition coefficient (Wildman–Crippen LogP) is 4.89. The molecule has 1 nitrogen and oxygen atoms in total. The van der Waals surface area contributed by atoms with Crippen molar-refractivity contribution in [2.24, 2.45) is 11.8 Å². The maximum atomic E-state index is 13.4. The van der Waals surface area contributed by atoms with E-state index in [0.717, 1.165) is 30.5 Å². The molecule has 0 heterocycles. The molecule has 0 radical (unpaired) electrons. The third kappa shape index (κ3) is 4.57. The van der Waals surface area contributed by atoms with Gasteiger partial charge < -0.3 is 5.32 Å². The second-order valence-electron chi connectivity index (χ2n) is 5.67. The van der Waals surface area contributed by atoms with Crippen LogP contribution in [0.2, 0.25) is 0 Å². The number of hydrogen-bond acceptors (Lipinski definition) is 1. The monoisotopic (exact) mass is 327 g/mol. The van der Waals surface area contributed by atoms with E-state index in [0.29, 0.717) is 4.47 Å². The van der Waals surface area contributed by atoms with Gasteiger partial charge in [0.15, 0.2) is 0 Å². The fourth-order valence-electron chi connectivity index (χ4n) is 2.91. The molecule has 3 heteroatoms. The smallest absolute Gasteiger partial charge is 0.137 e. The van der Waals surface area contributed by atoms with Crippen LogP contribution in [-0.4, -0.2) is 6.54 Å². The van der Waals surface area contributed by atoms with Gasteiger partial charge >= 0.3 is 0 Å². The van der Waals surface area contributed by atoms with Crippen molar-refractivity contribution in [3.63, 3.8) is 0 Å². The lowest BCUT2D eigenvalue weighted by Crippen LogP contribution is -2.26. The van der Waals surface area contributed by atoms with Gasteiger partial charge in [-0.05, 0) is 64.8 Å². The topological polar surface area (TPSA) is 12.0 Å². The van der Waals surface area contributed by atoms with Gasteiger partial charge in [0.2, 0.25) is 0 Å². The van der Waals surface area contributed by atoms with Crippen molar-refractivity contribution in [3.05, 3.63) is 34.1 Å². The van der Waals surface area contributed by atoms with Crippen molar-refractivity contribution >= 4 is 15.9 Å². The maximum absolute atomic E-state index is 13.4. The Morgan fingerprint density at radius 1 is 1.21 bits per heavy atom. The Balaban J connectivity index is 1.70. The van der Waals surface area contributed by atoms with Crippen LogP contribution in [0.4, 0.5) is 4.39 Å². The Labute approximate surface area is 124 Å². The molecule has 1 aliphatic rings. The number of hydrogen-bond donors (Lipinski definition) is 1. The quantitative estimate of drug-likeness (QED) is 0.811. The number of halogens is 2. The Bertz CT molecular complexity index is 400. The lowest BCUT2D eigenvalue weighted by Gasteiger charge is -2.27.